The fraction of sp³-hybridized carbons (Fsp3) is 0.500. The van der Waals surface area contributed by atoms with E-state index in [2.05, 4.69) is 10.1 Å². The summed E-state index contributed by atoms with van der Waals surface area (Å²) in [4.78, 5) is 23.2. The number of ether oxygens (including phenoxy) is 2. The number of carbonyl (C=O) groups excluding carboxylic acids is 2. The van der Waals surface area contributed by atoms with Crippen molar-refractivity contribution in [3.63, 3.8) is 0 Å². The summed E-state index contributed by atoms with van der Waals surface area (Å²) in [5, 5.41) is 2.80. The normalized spacial score (nSPS) is 12.4. The van der Waals surface area contributed by atoms with Crippen molar-refractivity contribution >= 4 is 12.1 Å². The monoisotopic (exact) mass is 293 g/mol. The van der Waals surface area contributed by atoms with E-state index in [1.54, 1.807) is 20.8 Å². The second-order valence-corrected chi connectivity index (χ2v) is 5.72. The van der Waals surface area contributed by atoms with E-state index in [9.17, 15) is 9.59 Å². The van der Waals surface area contributed by atoms with E-state index in [-0.39, 0.29) is 18.4 Å². The average Bonchev–Trinajstić information content (AvgIpc) is 2.42. The van der Waals surface area contributed by atoms with Gasteiger partial charge in [-0.2, -0.15) is 0 Å². The van der Waals surface area contributed by atoms with Crippen LogP contribution in [-0.4, -0.2) is 24.8 Å². The van der Waals surface area contributed by atoms with Gasteiger partial charge in [-0.3, -0.25) is 4.79 Å². The Hall–Kier alpha value is -2.04. The molecule has 1 aromatic carbocycles. The summed E-state index contributed by atoms with van der Waals surface area (Å²) < 4.78 is 9.90. The molecule has 1 rings (SSSR count). The van der Waals surface area contributed by atoms with E-state index in [4.69, 9.17) is 4.74 Å². The van der Waals surface area contributed by atoms with Gasteiger partial charge in [-0.05, 0) is 32.8 Å². The second-order valence-electron chi connectivity index (χ2n) is 5.72. The lowest BCUT2D eigenvalue weighted by atomic mass is 10.0. The number of methoxy groups -OCH3 is 1. The second kappa shape index (κ2) is 7.67. The number of hydrogen-bond donors (Lipinski definition) is 1. The molecular weight excluding hydrogens is 270 g/mol. The van der Waals surface area contributed by atoms with Crippen LogP contribution in [0.15, 0.2) is 30.3 Å². The van der Waals surface area contributed by atoms with Crippen LogP contribution in [0.4, 0.5) is 4.79 Å². The van der Waals surface area contributed by atoms with Gasteiger partial charge in [0.1, 0.15) is 5.60 Å². The Kier molecular flexibility index (Phi) is 6.21. The van der Waals surface area contributed by atoms with Gasteiger partial charge in [0, 0.05) is 6.42 Å². The molecular formula is C16H23NO4. The summed E-state index contributed by atoms with van der Waals surface area (Å²) >= 11 is 0. The number of esters is 1. The Bertz CT molecular complexity index is 465. The first-order valence-corrected chi connectivity index (χ1v) is 6.93. The summed E-state index contributed by atoms with van der Waals surface area (Å²) in [6.45, 7) is 5.41. The van der Waals surface area contributed by atoms with Crippen LogP contribution in [0.2, 0.25) is 0 Å². The molecule has 5 heteroatoms. The number of alkyl carbamates (subject to hydrolysis) is 1. The predicted molar refractivity (Wildman–Crippen MR) is 79.8 cm³/mol. The number of amides is 1. The molecule has 0 aliphatic heterocycles. The summed E-state index contributed by atoms with van der Waals surface area (Å²) in [5.41, 5.74) is 0.362. The lowest BCUT2D eigenvalue weighted by Gasteiger charge is -2.23. The Morgan fingerprint density at radius 1 is 1.19 bits per heavy atom. The summed E-state index contributed by atoms with van der Waals surface area (Å²) in [6, 6.07) is 9.18. The maximum Gasteiger partial charge on any atom is 0.408 e. The fourth-order valence-electron chi connectivity index (χ4n) is 1.82. The highest BCUT2D eigenvalue weighted by molar-refractivity contribution is 5.70. The third-order valence-electron chi connectivity index (χ3n) is 2.76. The highest BCUT2D eigenvalue weighted by Gasteiger charge is 2.21. The van der Waals surface area contributed by atoms with Gasteiger partial charge in [0.05, 0.1) is 13.2 Å². The molecule has 1 N–H and O–H groups in total. The first-order chi connectivity index (χ1) is 9.81. The molecule has 0 radical (unpaired) electrons. The molecule has 116 valence electrons. The highest BCUT2D eigenvalue weighted by Crippen LogP contribution is 2.19. The molecule has 0 saturated heterocycles. The van der Waals surface area contributed by atoms with E-state index < -0.39 is 11.7 Å². The molecule has 1 amide bonds. The number of carbonyl (C=O) groups is 2. The molecule has 0 aromatic heterocycles. The van der Waals surface area contributed by atoms with Crippen molar-refractivity contribution in [3.05, 3.63) is 35.9 Å². The van der Waals surface area contributed by atoms with Gasteiger partial charge in [-0.15, -0.1) is 0 Å². The molecule has 0 aliphatic rings. The van der Waals surface area contributed by atoms with Crippen LogP contribution in [0.3, 0.4) is 0 Å². The highest BCUT2D eigenvalue weighted by atomic mass is 16.6. The lowest BCUT2D eigenvalue weighted by molar-refractivity contribution is -0.140. The zero-order chi connectivity index (χ0) is 15.9. The van der Waals surface area contributed by atoms with Gasteiger partial charge in [0.25, 0.3) is 0 Å². The molecule has 1 atom stereocenters. The van der Waals surface area contributed by atoms with Crippen molar-refractivity contribution in [2.75, 3.05) is 7.11 Å². The first kappa shape index (κ1) is 17.0. The SMILES string of the molecule is COC(=O)CC[C@@H](NC(=O)OC(C)(C)C)c1ccccc1. The van der Waals surface area contributed by atoms with E-state index in [1.807, 2.05) is 30.3 Å². The van der Waals surface area contributed by atoms with Gasteiger partial charge in [0.15, 0.2) is 0 Å². The lowest BCUT2D eigenvalue weighted by Crippen LogP contribution is -2.35. The number of hydrogen-bond acceptors (Lipinski definition) is 4. The van der Waals surface area contributed by atoms with Crippen molar-refractivity contribution < 1.29 is 19.1 Å². The van der Waals surface area contributed by atoms with Gasteiger partial charge in [-0.1, -0.05) is 30.3 Å². The predicted octanol–water partition coefficient (Wildman–Crippen LogP) is 3.21. The Labute approximate surface area is 125 Å². The van der Waals surface area contributed by atoms with Gasteiger partial charge < -0.3 is 14.8 Å². The third kappa shape index (κ3) is 6.79. The van der Waals surface area contributed by atoms with E-state index in [0.29, 0.717) is 6.42 Å². The molecule has 0 aliphatic carbocycles. The van der Waals surface area contributed by atoms with Crippen LogP contribution in [0, 0.1) is 0 Å². The average molecular weight is 293 g/mol. The summed E-state index contributed by atoms with van der Waals surface area (Å²) in [6.07, 6.45) is 0.183. The largest absolute Gasteiger partial charge is 0.469 e. The first-order valence-electron chi connectivity index (χ1n) is 6.93. The minimum atomic E-state index is -0.562. The maximum absolute atomic E-state index is 11.9. The quantitative estimate of drug-likeness (QED) is 0.847. The molecule has 0 bridgehead atoms. The molecule has 5 nitrogen and oxygen atoms in total. The van der Waals surface area contributed by atoms with Crippen LogP contribution in [0.5, 0.6) is 0 Å². The third-order valence-corrected chi connectivity index (χ3v) is 2.76. The number of rotatable bonds is 5. The summed E-state index contributed by atoms with van der Waals surface area (Å²) in [5.74, 6) is -0.304. The minimum absolute atomic E-state index is 0.228. The topological polar surface area (TPSA) is 64.6 Å². The van der Waals surface area contributed by atoms with Gasteiger partial charge >= 0.3 is 12.1 Å². The van der Waals surface area contributed by atoms with Crippen LogP contribution < -0.4 is 5.32 Å². The molecule has 0 spiro atoms. The molecule has 0 fully saturated rings. The van der Waals surface area contributed by atoms with Crippen LogP contribution in [-0.2, 0) is 14.3 Å². The van der Waals surface area contributed by atoms with Crippen LogP contribution >= 0.6 is 0 Å². The molecule has 0 heterocycles. The number of benzene rings is 1. The van der Waals surface area contributed by atoms with Crippen molar-refractivity contribution in [2.24, 2.45) is 0 Å². The van der Waals surface area contributed by atoms with Gasteiger partial charge in [0.2, 0.25) is 0 Å². The molecule has 1 aromatic rings. The fourth-order valence-corrected chi connectivity index (χ4v) is 1.82. The van der Waals surface area contributed by atoms with Crippen molar-refractivity contribution in [2.45, 2.75) is 45.3 Å². The van der Waals surface area contributed by atoms with Crippen molar-refractivity contribution in [3.8, 4) is 0 Å². The van der Waals surface area contributed by atoms with E-state index in [1.165, 1.54) is 7.11 Å². The van der Waals surface area contributed by atoms with E-state index >= 15 is 0 Å². The maximum atomic E-state index is 11.9. The van der Waals surface area contributed by atoms with E-state index in [0.717, 1.165) is 5.56 Å². The van der Waals surface area contributed by atoms with Crippen LogP contribution in [0.25, 0.3) is 0 Å². The number of nitrogens with one attached hydrogen (secondary N) is 1. The van der Waals surface area contributed by atoms with Crippen molar-refractivity contribution in [1.82, 2.24) is 5.32 Å². The van der Waals surface area contributed by atoms with Crippen LogP contribution in [0.1, 0.15) is 45.2 Å². The standard InChI is InChI=1S/C16H23NO4/c1-16(2,3)21-15(19)17-13(10-11-14(18)20-4)12-8-6-5-7-9-12/h5-9,13H,10-11H2,1-4H3,(H,17,19)/t13-/m1/s1. The Morgan fingerprint density at radius 2 is 1.81 bits per heavy atom. The Morgan fingerprint density at radius 3 is 2.33 bits per heavy atom. The Balaban J connectivity index is 2.73. The zero-order valence-electron chi connectivity index (χ0n) is 13.0. The minimum Gasteiger partial charge on any atom is -0.469 e. The summed E-state index contributed by atoms with van der Waals surface area (Å²) in [7, 11) is 1.35. The molecule has 0 saturated carbocycles. The van der Waals surface area contributed by atoms with Crippen molar-refractivity contribution in [1.29, 1.82) is 0 Å². The zero-order valence-corrected chi connectivity index (χ0v) is 13.0. The molecule has 0 unspecified atom stereocenters. The van der Waals surface area contributed by atoms with Gasteiger partial charge in [-0.25, -0.2) is 4.79 Å². The smallest absolute Gasteiger partial charge is 0.408 e. The molecule has 21 heavy (non-hydrogen) atoms.